The zero-order chi connectivity index (χ0) is 20.8. The molecule has 1 amide bonds. The van der Waals surface area contributed by atoms with Crippen LogP contribution in [0.2, 0.25) is 0 Å². The molecular formula is C22H26N2O5. The summed E-state index contributed by atoms with van der Waals surface area (Å²) in [6.45, 7) is 1.65. The van der Waals surface area contributed by atoms with Crippen molar-refractivity contribution >= 4 is 17.6 Å². The fourth-order valence-electron chi connectivity index (χ4n) is 3.48. The molecule has 0 radical (unpaired) electrons. The summed E-state index contributed by atoms with van der Waals surface area (Å²) in [6.07, 6.45) is 1.11. The van der Waals surface area contributed by atoms with Crippen LogP contribution in [0.25, 0.3) is 0 Å². The molecule has 0 saturated carbocycles. The van der Waals surface area contributed by atoms with Gasteiger partial charge >= 0.3 is 5.97 Å². The van der Waals surface area contributed by atoms with Gasteiger partial charge in [0.1, 0.15) is 0 Å². The van der Waals surface area contributed by atoms with Gasteiger partial charge in [0.05, 0.1) is 26.9 Å². The predicted molar refractivity (Wildman–Crippen MR) is 110 cm³/mol. The maximum atomic E-state index is 12.7. The number of amides is 1. The third-order valence-electron chi connectivity index (χ3n) is 5.06. The molecule has 0 atom stereocenters. The van der Waals surface area contributed by atoms with E-state index in [9.17, 15) is 9.59 Å². The Kier molecular flexibility index (Phi) is 6.59. The van der Waals surface area contributed by atoms with Gasteiger partial charge in [0.2, 0.25) is 5.91 Å². The number of anilines is 1. The molecule has 1 heterocycles. The van der Waals surface area contributed by atoms with Gasteiger partial charge in [-0.3, -0.25) is 4.79 Å². The third-order valence-corrected chi connectivity index (χ3v) is 5.06. The summed E-state index contributed by atoms with van der Waals surface area (Å²) in [4.78, 5) is 26.4. The second kappa shape index (κ2) is 9.32. The Morgan fingerprint density at radius 1 is 1.03 bits per heavy atom. The highest BCUT2D eigenvalue weighted by atomic mass is 16.5. The number of fused-ring (bicyclic) bond motifs is 1. The van der Waals surface area contributed by atoms with E-state index in [0.29, 0.717) is 48.8 Å². The quantitative estimate of drug-likeness (QED) is 0.723. The van der Waals surface area contributed by atoms with Gasteiger partial charge in [0.15, 0.2) is 11.5 Å². The Labute approximate surface area is 170 Å². The van der Waals surface area contributed by atoms with Gasteiger partial charge in [0, 0.05) is 31.7 Å². The molecule has 0 aromatic heterocycles. The molecule has 154 valence electrons. The number of esters is 1. The van der Waals surface area contributed by atoms with Crippen molar-refractivity contribution in [1.82, 2.24) is 4.90 Å². The molecule has 0 unspecified atom stereocenters. The first-order chi connectivity index (χ1) is 14.1. The van der Waals surface area contributed by atoms with Crippen LogP contribution >= 0.6 is 0 Å². The second-order valence-corrected chi connectivity index (χ2v) is 6.76. The van der Waals surface area contributed by atoms with Gasteiger partial charge in [-0.2, -0.15) is 0 Å². The molecule has 1 aliphatic heterocycles. The number of carbonyl (C=O) groups is 2. The molecule has 0 fully saturated rings. The fraction of sp³-hybridized carbons (Fsp3) is 0.364. The number of ether oxygens (including phenoxy) is 3. The first-order valence-corrected chi connectivity index (χ1v) is 9.50. The second-order valence-electron chi connectivity index (χ2n) is 6.76. The van der Waals surface area contributed by atoms with Crippen LogP contribution in [0.3, 0.4) is 0 Å². The number of hydrogen-bond acceptors (Lipinski definition) is 6. The van der Waals surface area contributed by atoms with Crippen molar-refractivity contribution in [2.24, 2.45) is 0 Å². The van der Waals surface area contributed by atoms with Crippen molar-refractivity contribution in [3.63, 3.8) is 0 Å². The highest BCUT2D eigenvalue weighted by molar-refractivity contribution is 5.95. The van der Waals surface area contributed by atoms with Crippen LogP contribution in [0.4, 0.5) is 5.69 Å². The van der Waals surface area contributed by atoms with E-state index in [4.69, 9.17) is 14.2 Å². The van der Waals surface area contributed by atoms with Crippen LogP contribution in [0, 0.1) is 0 Å². The molecular weight excluding hydrogens is 372 g/mol. The number of rotatable bonds is 7. The van der Waals surface area contributed by atoms with Crippen LogP contribution in [-0.4, -0.2) is 51.2 Å². The molecule has 3 rings (SSSR count). The molecule has 29 heavy (non-hydrogen) atoms. The SMILES string of the molecule is COC(=O)c1ccccc1NCCC(=O)N1CCc2cc(OC)c(OC)cc2C1. The van der Waals surface area contributed by atoms with Crippen LogP contribution in [0.15, 0.2) is 36.4 Å². The molecule has 1 N–H and O–H groups in total. The van der Waals surface area contributed by atoms with Crippen LogP contribution < -0.4 is 14.8 Å². The van der Waals surface area contributed by atoms with Crippen LogP contribution in [-0.2, 0) is 22.5 Å². The van der Waals surface area contributed by atoms with E-state index in [1.807, 2.05) is 23.1 Å². The molecule has 0 aliphatic carbocycles. The Balaban J connectivity index is 1.60. The highest BCUT2D eigenvalue weighted by Gasteiger charge is 2.22. The molecule has 0 spiro atoms. The van der Waals surface area contributed by atoms with E-state index >= 15 is 0 Å². The Hall–Kier alpha value is -3.22. The van der Waals surface area contributed by atoms with Crippen LogP contribution in [0.1, 0.15) is 27.9 Å². The minimum atomic E-state index is -0.406. The summed E-state index contributed by atoms with van der Waals surface area (Å²) in [5, 5.41) is 3.17. The zero-order valence-corrected chi connectivity index (χ0v) is 17.0. The van der Waals surface area contributed by atoms with E-state index in [1.165, 1.54) is 12.7 Å². The van der Waals surface area contributed by atoms with Crippen molar-refractivity contribution in [1.29, 1.82) is 0 Å². The monoisotopic (exact) mass is 398 g/mol. The maximum Gasteiger partial charge on any atom is 0.339 e. The molecule has 7 nitrogen and oxygen atoms in total. The summed E-state index contributed by atoms with van der Waals surface area (Å²) in [5.74, 6) is 1.03. The predicted octanol–water partition coefficient (Wildman–Crippen LogP) is 2.88. The fourth-order valence-corrected chi connectivity index (χ4v) is 3.48. The lowest BCUT2D eigenvalue weighted by atomic mass is 9.98. The first-order valence-electron chi connectivity index (χ1n) is 9.50. The Bertz CT molecular complexity index is 897. The summed E-state index contributed by atoms with van der Waals surface area (Å²) >= 11 is 0. The average Bonchev–Trinajstić information content (AvgIpc) is 2.77. The normalized spacial score (nSPS) is 12.7. The molecule has 2 aromatic carbocycles. The minimum Gasteiger partial charge on any atom is -0.493 e. The van der Waals surface area contributed by atoms with E-state index in [-0.39, 0.29) is 5.91 Å². The smallest absolute Gasteiger partial charge is 0.339 e. The van der Waals surface area contributed by atoms with E-state index < -0.39 is 5.97 Å². The lowest BCUT2D eigenvalue weighted by molar-refractivity contribution is -0.131. The van der Waals surface area contributed by atoms with Gasteiger partial charge in [0.25, 0.3) is 0 Å². The number of methoxy groups -OCH3 is 3. The molecule has 0 saturated heterocycles. The number of para-hydroxylation sites is 1. The van der Waals surface area contributed by atoms with E-state index in [1.54, 1.807) is 32.4 Å². The number of nitrogens with zero attached hydrogens (tertiary/aromatic N) is 1. The molecule has 2 aromatic rings. The lowest BCUT2D eigenvalue weighted by Crippen LogP contribution is -2.36. The van der Waals surface area contributed by atoms with Gasteiger partial charge < -0.3 is 24.4 Å². The Morgan fingerprint density at radius 3 is 2.41 bits per heavy atom. The van der Waals surface area contributed by atoms with E-state index in [2.05, 4.69) is 5.32 Å². The summed E-state index contributed by atoms with van der Waals surface area (Å²) in [6, 6.07) is 11.0. The summed E-state index contributed by atoms with van der Waals surface area (Å²) in [5.41, 5.74) is 3.37. The van der Waals surface area contributed by atoms with Gasteiger partial charge in [-0.1, -0.05) is 12.1 Å². The zero-order valence-electron chi connectivity index (χ0n) is 17.0. The van der Waals surface area contributed by atoms with Crippen molar-refractivity contribution in [3.05, 3.63) is 53.1 Å². The van der Waals surface area contributed by atoms with Gasteiger partial charge in [-0.05, 0) is 41.8 Å². The van der Waals surface area contributed by atoms with Gasteiger partial charge in [-0.25, -0.2) is 4.79 Å². The Morgan fingerprint density at radius 2 is 1.72 bits per heavy atom. The minimum absolute atomic E-state index is 0.0634. The number of hydrogen-bond donors (Lipinski definition) is 1. The van der Waals surface area contributed by atoms with E-state index in [0.717, 1.165) is 12.0 Å². The van der Waals surface area contributed by atoms with Crippen molar-refractivity contribution in [3.8, 4) is 11.5 Å². The largest absolute Gasteiger partial charge is 0.493 e. The number of nitrogens with one attached hydrogen (secondary N) is 1. The summed E-state index contributed by atoms with van der Waals surface area (Å²) < 4.78 is 15.5. The third kappa shape index (κ3) is 4.62. The van der Waals surface area contributed by atoms with Crippen molar-refractivity contribution < 1.29 is 23.8 Å². The van der Waals surface area contributed by atoms with Crippen molar-refractivity contribution in [2.75, 3.05) is 39.7 Å². The molecule has 7 heteroatoms. The van der Waals surface area contributed by atoms with Gasteiger partial charge in [-0.15, -0.1) is 0 Å². The maximum absolute atomic E-state index is 12.7. The number of carbonyl (C=O) groups excluding carboxylic acids is 2. The van der Waals surface area contributed by atoms with Crippen LogP contribution in [0.5, 0.6) is 11.5 Å². The molecule has 1 aliphatic rings. The lowest BCUT2D eigenvalue weighted by Gasteiger charge is -2.30. The standard InChI is InChI=1S/C22H26N2O5/c1-27-19-12-15-9-11-24(14-16(15)13-20(19)28-2)21(25)8-10-23-18-7-5-4-6-17(18)22(26)29-3/h4-7,12-13,23H,8-11,14H2,1-3H3. The first kappa shape index (κ1) is 20.5. The number of benzene rings is 2. The topological polar surface area (TPSA) is 77.1 Å². The van der Waals surface area contributed by atoms with Crippen molar-refractivity contribution in [2.45, 2.75) is 19.4 Å². The average molecular weight is 398 g/mol. The highest BCUT2D eigenvalue weighted by Crippen LogP contribution is 2.33. The summed E-state index contributed by atoms with van der Waals surface area (Å²) in [7, 11) is 4.57. The molecule has 0 bridgehead atoms.